The van der Waals surface area contributed by atoms with Crippen molar-refractivity contribution >= 4 is 16.9 Å². The van der Waals surface area contributed by atoms with E-state index in [0.29, 0.717) is 23.4 Å². The molecule has 1 saturated carbocycles. The molecule has 0 radical (unpaired) electrons. The second kappa shape index (κ2) is 6.19. The Balaban J connectivity index is 1.75. The standard InChI is InChI=1S/C18H19FN4O/c1-11-4-2-3-5-14(11)22-17-15-16(12-6-8-13(19)9-7-12)23-24-18(15)21-10-20-17/h6-11,14H,2-5H2,1H3,(H,20,21,22). The van der Waals surface area contributed by atoms with E-state index in [1.165, 1.54) is 37.7 Å². The van der Waals surface area contributed by atoms with Gasteiger partial charge in [0.25, 0.3) is 5.71 Å². The molecular formula is C18H19FN4O. The Labute approximate surface area is 139 Å². The summed E-state index contributed by atoms with van der Waals surface area (Å²) in [4.78, 5) is 8.58. The summed E-state index contributed by atoms with van der Waals surface area (Å²) in [5.74, 6) is 1.05. The largest absolute Gasteiger partial charge is 0.366 e. The van der Waals surface area contributed by atoms with Crippen molar-refractivity contribution in [2.75, 3.05) is 5.32 Å². The van der Waals surface area contributed by atoms with Crippen molar-refractivity contribution in [3.63, 3.8) is 0 Å². The molecule has 1 aromatic carbocycles. The highest BCUT2D eigenvalue weighted by molar-refractivity contribution is 5.97. The molecule has 2 heterocycles. The van der Waals surface area contributed by atoms with Crippen LogP contribution in [0.2, 0.25) is 0 Å². The van der Waals surface area contributed by atoms with Crippen LogP contribution in [0.25, 0.3) is 22.4 Å². The normalized spacial score (nSPS) is 21.1. The van der Waals surface area contributed by atoms with Gasteiger partial charge in [-0.15, -0.1) is 0 Å². The van der Waals surface area contributed by atoms with Crippen molar-refractivity contribution in [1.29, 1.82) is 0 Å². The third kappa shape index (κ3) is 2.72. The van der Waals surface area contributed by atoms with E-state index in [1.54, 1.807) is 12.1 Å². The molecule has 5 nitrogen and oxygen atoms in total. The monoisotopic (exact) mass is 326 g/mol. The van der Waals surface area contributed by atoms with Crippen LogP contribution < -0.4 is 5.32 Å². The van der Waals surface area contributed by atoms with E-state index in [1.807, 2.05) is 0 Å². The van der Waals surface area contributed by atoms with Gasteiger partial charge in [-0.1, -0.05) is 24.9 Å². The molecule has 3 aromatic rings. The number of rotatable bonds is 3. The molecule has 24 heavy (non-hydrogen) atoms. The van der Waals surface area contributed by atoms with Crippen molar-refractivity contribution < 1.29 is 8.91 Å². The van der Waals surface area contributed by atoms with E-state index in [4.69, 9.17) is 4.52 Å². The molecule has 124 valence electrons. The number of hydrogen-bond donors (Lipinski definition) is 1. The Hall–Kier alpha value is -2.50. The van der Waals surface area contributed by atoms with Crippen molar-refractivity contribution in [2.45, 2.75) is 38.6 Å². The highest BCUT2D eigenvalue weighted by Gasteiger charge is 2.24. The van der Waals surface area contributed by atoms with Gasteiger partial charge in [0, 0.05) is 11.6 Å². The van der Waals surface area contributed by atoms with Gasteiger partial charge in [-0.2, -0.15) is 4.98 Å². The third-order valence-electron chi connectivity index (χ3n) is 4.82. The zero-order chi connectivity index (χ0) is 16.5. The summed E-state index contributed by atoms with van der Waals surface area (Å²) in [6.45, 7) is 2.27. The molecule has 0 aliphatic heterocycles. The van der Waals surface area contributed by atoms with Gasteiger partial charge in [-0.05, 0) is 43.0 Å². The van der Waals surface area contributed by atoms with Crippen LogP contribution in [-0.2, 0) is 0 Å². The molecule has 1 fully saturated rings. The summed E-state index contributed by atoms with van der Waals surface area (Å²) in [6.07, 6.45) is 6.35. The number of benzene rings is 1. The molecule has 0 saturated heterocycles. The Bertz CT molecular complexity index is 846. The van der Waals surface area contributed by atoms with Gasteiger partial charge in [0.1, 0.15) is 29.0 Å². The summed E-state index contributed by atoms with van der Waals surface area (Å²) in [5, 5.41) is 8.44. The van der Waals surface area contributed by atoms with Crippen molar-refractivity contribution in [3.05, 3.63) is 36.4 Å². The van der Waals surface area contributed by atoms with E-state index < -0.39 is 0 Å². The van der Waals surface area contributed by atoms with Gasteiger partial charge in [0.15, 0.2) is 0 Å². The smallest absolute Gasteiger partial charge is 0.263 e. The second-order valence-corrected chi connectivity index (χ2v) is 6.45. The first-order chi connectivity index (χ1) is 11.7. The van der Waals surface area contributed by atoms with Gasteiger partial charge >= 0.3 is 0 Å². The molecule has 1 N–H and O–H groups in total. The molecule has 6 heteroatoms. The Morgan fingerprint density at radius 1 is 1.12 bits per heavy atom. The van der Waals surface area contributed by atoms with Gasteiger partial charge < -0.3 is 9.84 Å². The fourth-order valence-corrected chi connectivity index (χ4v) is 3.41. The zero-order valence-corrected chi connectivity index (χ0v) is 13.5. The van der Waals surface area contributed by atoms with E-state index in [-0.39, 0.29) is 5.82 Å². The number of nitrogens with one attached hydrogen (secondary N) is 1. The number of halogens is 1. The summed E-state index contributed by atoms with van der Waals surface area (Å²) in [7, 11) is 0. The quantitative estimate of drug-likeness (QED) is 0.772. The lowest BCUT2D eigenvalue weighted by atomic mass is 9.86. The molecule has 2 aromatic heterocycles. The molecule has 2 atom stereocenters. The van der Waals surface area contributed by atoms with E-state index in [0.717, 1.165) is 23.2 Å². The molecule has 4 rings (SSSR count). The fourth-order valence-electron chi connectivity index (χ4n) is 3.41. The van der Waals surface area contributed by atoms with Crippen molar-refractivity contribution in [1.82, 2.24) is 15.1 Å². The highest BCUT2D eigenvalue weighted by Crippen LogP contribution is 2.33. The minimum Gasteiger partial charge on any atom is -0.366 e. The zero-order valence-electron chi connectivity index (χ0n) is 13.5. The van der Waals surface area contributed by atoms with Crippen LogP contribution in [0.1, 0.15) is 32.6 Å². The van der Waals surface area contributed by atoms with Gasteiger partial charge in [0.05, 0.1) is 0 Å². The lowest BCUT2D eigenvalue weighted by Gasteiger charge is -2.30. The molecule has 0 spiro atoms. The Morgan fingerprint density at radius 3 is 2.71 bits per heavy atom. The predicted octanol–water partition coefficient (Wildman–Crippen LogP) is 4.41. The van der Waals surface area contributed by atoms with E-state index >= 15 is 0 Å². The van der Waals surface area contributed by atoms with E-state index in [2.05, 4.69) is 27.4 Å². The van der Waals surface area contributed by atoms with Crippen LogP contribution in [0.4, 0.5) is 10.2 Å². The summed E-state index contributed by atoms with van der Waals surface area (Å²) >= 11 is 0. The maximum absolute atomic E-state index is 13.2. The summed E-state index contributed by atoms with van der Waals surface area (Å²) < 4.78 is 18.5. The molecule has 1 aliphatic carbocycles. The molecule has 1 aliphatic rings. The molecular weight excluding hydrogens is 307 g/mol. The lowest BCUT2D eigenvalue weighted by molar-refractivity contribution is 0.349. The average molecular weight is 326 g/mol. The number of aromatic nitrogens is 3. The van der Waals surface area contributed by atoms with E-state index in [9.17, 15) is 4.39 Å². The minimum absolute atomic E-state index is 0.280. The maximum atomic E-state index is 13.2. The van der Waals surface area contributed by atoms with Crippen LogP contribution in [0.3, 0.4) is 0 Å². The first-order valence-corrected chi connectivity index (χ1v) is 8.35. The third-order valence-corrected chi connectivity index (χ3v) is 4.82. The predicted molar refractivity (Wildman–Crippen MR) is 90.0 cm³/mol. The van der Waals surface area contributed by atoms with Gasteiger partial charge in [-0.3, -0.25) is 0 Å². The maximum Gasteiger partial charge on any atom is 0.263 e. The first-order valence-electron chi connectivity index (χ1n) is 8.35. The summed E-state index contributed by atoms with van der Waals surface area (Å²) in [6, 6.07) is 6.58. The first kappa shape index (κ1) is 15.1. The molecule has 0 bridgehead atoms. The Kier molecular flexibility index (Phi) is 3.88. The number of hydrogen-bond acceptors (Lipinski definition) is 5. The summed E-state index contributed by atoms with van der Waals surface area (Å²) in [5.41, 5.74) is 1.86. The molecule has 2 unspecified atom stereocenters. The highest BCUT2D eigenvalue weighted by atomic mass is 19.1. The van der Waals surface area contributed by atoms with Crippen LogP contribution in [-0.4, -0.2) is 21.2 Å². The van der Waals surface area contributed by atoms with Crippen LogP contribution in [0, 0.1) is 11.7 Å². The average Bonchev–Trinajstić information content (AvgIpc) is 3.03. The van der Waals surface area contributed by atoms with Crippen molar-refractivity contribution in [2.24, 2.45) is 5.92 Å². The molecule has 0 amide bonds. The number of nitrogens with zero attached hydrogens (tertiary/aromatic N) is 3. The minimum atomic E-state index is -0.280. The van der Waals surface area contributed by atoms with Crippen LogP contribution in [0.15, 0.2) is 35.1 Å². The van der Waals surface area contributed by atoms with Crippen LogP contribution >= 0.6 is 0 Å². The topological polar surface area (TPSA) is 63.8 Å². The fraction of sp³-hybridized carbons (Fsp3) is 0.389. The Morgan fingerprint density at radius 2 is 1.92 bits per heavy atom. The van der Waals surface area contributed by atoms with Gasteiger partial charge in [-0.25, -0.2) is 9.37 Å². The lowest BCUT2D eigenvalue weighted by Crippen LogP contribution is -2.30. The van der Waals surface area contributed by atoms with Crippen molar-refractivity contribution in [3.8, 4) is 11.3 Å². The van der Waals surface area contributed by atoms with Gasteiger partial charge in [0.2, 0.25) is 0 Å². The second-order valence-electron chi connectivity index (χ2n) is 6.45. The number of fused-ring (bicyclic) bond motifs is 1. The number of anilines is 1. The van der Waals surface area contributed by atoms with Crippen LogP contribution in [0.5, 0.6) is 0 Å². The SMILES string of the molecule is CC1CCCCC1Nc1ncnc2onc(-c3ccc(F)cc3)c12.